The first-order valence-corrected chi connectivity index (χ1v) is 9.48. The molecule has 0 fully saturated rings. The molecule has 0 saturated carbocycles. The molecule has 0 radical (unpaired) electrons. The van der Waals surface area contributed by atoms with E-state index in [-0.39, 0.29) is 5.92 Å². The highest BCUT2D eigenvalue weighted by molar-refractivity contribution is 7.10. The summed E-state index contributed by atoms with van der Waals surface area (Å²) in [5, 5.41) is 1.85. The molecule has 1 unspecified atom stereocenters. The minimum Gasteiger partial charge on any atom is -0.367 e. The fourth-order valence-corrected chi connectivity index (χ4v) is 3.97. The van der Waals surface area contributed by atoms with Crippen molar-refractivity contribution in [1.82, 2.24) is 4.90 Å². The van der Waals surface area contributed by atoms with Gasteiger partial charge in [0, 0.05) is 11.4 Å². The van der Waals surface area contributed by atoms with Gasteiger partial charge in [-0.1, -0.05) is 52.5 Å². The molecule has 2 N–H and O–H groups in total. The molecule has 0 saturated heterocycles. The highest BCUT2D eigenvalue weighted by Crippen LogP contribution is 2.38. The molecule has 0 aliphatic heterocycles. The molecule has 1 heterocycles. The van der Waals surface area contributed by atoms with Crippen molar-refractivity contribution in [2.24, 2.45) is 11.7 Å². The van der Waals surface area contributed by atoms with Crippen LogP contribution >= 0.6 is 11.3 Å². The molecular weight excluding hydrogens is 327 g/mol. The number of alkyl halides is 1. The number of carbonyl (C=O) groups is 2. The second-order valence-corrected chi connectivity index (χ2v) is 7.49. The molecule has 2 amide bonds. The first-order chi connectivity index (χ1) is 11.4. The van der Waals surface area contributed by atoms with Gasteiger partial charge in [0.2, 0.25) is 5.91 Å². The first-order valence-electron chi connectivity index (χ1n) is 8.60. The molecule has 0 spiro atoms. The molecule has 1 rings (SSSR count). The van der Waals surface area contributed by atoms with Crippen LogP contribution in [0.2, 0.25) is 0 Å². The Kier molecular flexibility index (Phi) is 8.39. The molecular formula is C18H29FN2O2S. The van der Waals surface area contributed by atoms with Crippen molar-refractivity contribution in [3.8, 4) is 0 Å². The van der Waals surface area contributed by atoms with Crippen molar-refractivity contribution in [2.75, 3.05) is 13.2 Å². The number of rotatable bonds is 11. The topological polar surface area (TPSA) is 63.4 Å². The summed E-state index contributed by atoms with van der Waals surface area (Å²) >= 11 is 1.39. The largest absolute Gasteiger partial charge is 0.367 e. The van der Waals surface area contributed by atoms with Crippen LogP contribution < -0.4 is 5.73 Å². The van der Waals surface area contributed by atoms with E-state index >= 15 is 0 Å². The van der Waals surface area contributed by atoms with Gasteiger partial charge in [-0.3, -0.25) is 9.59 Å². The third-order valence-electron chi connectivity index (χ3n) is 4.15. The lowest BCUT2D eigenvalue weighted by molar-refractivity contribution is -0.149. The number of carbonyl (C=O) groups excluding carboxylic acids is 2. The van der Waals surface area contributed by atoms with Gasteiger partial charge in [-0.15, -0.1) is 11.3 Å². The van der Waals surface area contributed by atoms with Gasteiger partial charge in [0.15, 0.2) is 12.2 Å². The summed E-state index contributed by atoms with van der Waals surface area (Å²) < 4.78 is 13.2. The van der Waals surface area contributed by atoms with E-state index in [2.05, 4.69) is 6.92 Å². The minimum atomic E-state index is -1.25. The van der Waals surface area contributed by atoms with Crippen LogP contribution in [0.5, 0.6) is 0 Å². The van der Waals surface area contributed by atoms with Crippen molar-refractivity contribution in [1.29, 1.82) is 0 Å². The maximum Gasteiger partial charge on any atom is 0.255 e. The monoisotopic (exact) mass is 356 g/mol. The van der Waals surface area contributed by atoms with Crippen LogP contribution in [0.3, 0.4) is 0 Å². The zero-order valence-electron chi connectivity index (χ0n) is 14.9. The number of hydrogen-bond acceptors (Lipinski definition) is 3. The number of nitrogens with two attached hydrogens (primary N) is 1. The maximum absolute atomic E-state index is 13.2. The number of hydrogen-bond donors (Lipinski definition) is 1. The number of nitrogens with zero attached hydrogens (tertiary/aromatic N) is 1. The summed E-state index contributed by atoms with van der Waals surface area (Å²) in [6.45, 7) is 5.17. The van der Waals surface area contributed by atoms with E-state index in [1.165, 1.54) is 16.2 Å². The second-order valence-electron chi connectivity index (χ2n) is 6.54. The summed E-state index contributed by atoms with van der Waals surface area (Å²) in [6.07, 6.45) is 4.28. The van der Waals surface area contributed by atoms with Crippen molar-refractivity contribution in [2.45, 2.75) is 58.4 Å². The fraction of sp³-hybridized carbons (Fsp3) is 0.667. The van der Waals surface area contributed by atoms with Crippen LogP contribution in [0, 0.1) is 5.92 Å². The summed E-state index contributed by atoms with van der Waals surface area (Å²) in [4.78, 5) is 27.0. The van der Waals surface area contributed by atoms with Crippen LogP contribution in [0.4, 0.5) is 4.39 Å². The Bertz CT molecular complexity index is 519. The van der Waals surface area contributed by atoms with Gasteiger partial charge in [0.05, 0.1) is 0 Å². The standard InChI is InChI=1S/C18H29FN2O2S/c1-4-5-6-7-10-18(17(20)23,15-9-8-11-24-15)21(13-14(2)3)16(22)12-19/h8-9,11,14H,4-7,10,12-13H2,1-3H3,(H2,20,23). The van der Waals surface area contributed by atoms with E-state index < -0.39 is 24.0 Å². The Labute approximate surface area is 148 Å². The Morgan fingerprint density at radius 3 is 2.50 bits per heavy atom. The van der Waals surface area contributed by atoms with Gasteiger partial charge in [0.1, 0.15) is 0 Å². The van der Waals surface area contributed by atoms with Gasteiger partial charge in [-0.25, -0.2) is 4.39 Å². The molecule has 6 heteroatoms. The van der Waals surface area contributed by atoms with Crippen LogP contribution in [-0.4, -0.2) is 29.9 Å². The Morgan fingerprint density at radius 1 is 1.33 bits per heavy atom. The lowest BCUT2D eigenvalue weighted by Gasteiger charge is -2.42. The minimum absolute atomic E-state index is 0.106. The van der Waals surface area contributed by atoms with E-state index in [1.54, 1.807) is 0 Å². The fourth-order valence-electron chi connectivity index (χ4n) is 3.00. The molecule has 1 atom stereocenters. The lowest BCUT2D eigenvalue weighted by Crippen LogP contribution is -2.58. The predicted octanol–water partition coefficient (Wildman–Crippen LogP) is 3.85. The maximum atomic E-state index is 13.2. The summed E-state index contributed by atoms with van der Waals surface area (Å²) in [5.41, 5.74) is 4.54. The van der Waals surface area contributed by atoms with Gasteiger partial charge in [-0.05, 0) is 23.8 Å². The Balaban J connectivity index is 3.30. The molecule has 1 aromatic heterocycles. The number of amides is 2. The summed E-state index contributed by atoms with van der Waals surface area (Å²) in [7, 11) is 0. The van der Waals surface area contributed by atoms with Crippen LogP contribution in [-0.2, 0) is 15.1 Å². The smallest absolute Gasteiger partial charge is 0.255 e. The molecule has 4 nitrogen and oxygen atoms in total. The average Bonchev–Trinajstić information content (AvgIpc) is 3.07. The van der Waals surface area contributed by atoms with Gasteiger partial charge >= 0.3 is 0 Å². The molecule has 0 aromatic carbocycles. The van der Waals surface area contributed by atoms with E-state index in [0.29, 0.717) is 17.8 Å². The number of halogens is 1. The van der Waals surface area contributed by atoms with Crippen LogP contribution in [0.15, 0.2) is 17.5 Å². The van der Waals surface area contributed by atoms with Crippen molar-refractivity contribution in [3.05, 3.63) is 22.4 Å². The van der Waals surface area contributed by atoms with E-state index in [0.717, 1.165) is 25.7 Å². The molecule has 0 bridgehead atoms. The second kappa shape index (κ2) is 9.77. The highest BCUT2D eigenvalue weighted by Gasteiger charge is 2.47. The third-order valence-corrected chi connectivity index (χ3v) is 5.17. The first kappa shape index (κ1) is 20.6. The average molecular weight is 357 g/mol. The van der Waals surface area contributed by atoms with Crippen molar-refractivity contribution < 1.29 is 14.0 Å². The molecule has 1 aromatic rings. The summed E-state index contributed by atoms with van der Waals surface area (Å²) in [5.74, 6) is -1.15. The van der Waals surface area contributed by atoms with Gasteiger partial charge in [-0.2, -0.15) is 0 Å². The van der Waals surface area contributed by atoms with Crippen molar-refractivity contribution in [3.63, 3.8) is 0 Å². The highest BCUT2D eigenvalue weighted by atomic mass is 32.1. The lowest BCUT2D eigenvalue weighted by atomic mass is 9.86. The van der Waals surface area contributed by atoms with Crippen LogP contribution in [0.1, 0.15) is 57.8 Å². The summed E-state index contributed by atoms with van der Waals surface area (Å²) in [6, 6.07) is 3.64. The quantitative estimate of drug-likeness (QED) is 0.612. The third kappa shape index (κ3) is 4.79. The van der Waals surface area contributed by atoms with Crippen molar-refractivity contribution >= 4 is 23.2 Å². The van der Waals surface area contributed by atoms with E-state index in [9.17, 15) is 14.0 Å². The Morgan fingerprint density at radius 2 is 2.04 bits per heavy atom. The SMILES string of the molecule is CCCCCCC(C(N)=O)(c1cccs1)N(CC(C)C)C(=O)CF. The van der Waals surface area contributed by atoms with Gasteiger partial charge < -0.3 is 10.6 Å². The molecule has 24 heavy (non-hydrogen) atoms. The molecule has 0 aliphatic carbocycles. The predicted molar refractivity (Wildman–Crippen MR) is 96.5 cm³/mol. The molecule has 136 valence electrons. The Hall–Kier alpha value is -1.43. The zero-order valence-corrected chi connectivity index (χ0v) is 15.7. The van der Waals surface area contributed by atoms with Crippen LogP contribution in [0.25, 0.3) is 0 Å². The molecule has 0 aliphatic rings. The van der Waals surface area contributed by atoms with E-state index in [1.807, 2.05) is 31.4 Å². The van der Waals surface area contributed by atoms with E-state index in [4.69, 9.17) is 5.73 Å². The normalized spacial score (nSPS) is 13.7. The number of unbranched alkanes of at least 4 members (excludes halogenated alkanes) is 3. The number of primary amides is 1. The zero-order chi connectivity index (χ0) is 18.2. The van der Waals surface area contributed by atoms with Gasteiger partial charge in [0.25, 0.3) is 5.91 Å². The number of thiophene rings is 1.